The molecule has 4 unspecified atom stereocenters. The number of benzene rings is 1. The number of aliphatic carboxylic acids is 2. The van der Waals surface area contributed by atoms with Gasteiger partial charge in [-0.25, -0.2) is 4.79 Å². The number of aromatic amines is 1. The van der Waals surface area contributed by atoms with E-state index < -0.39 is 60.2 Å². The number of rotatable bonds is 14. The Bertz CT molecular complexity index is 1200. The summed E-state index contributed by atoms with van der Waals surface area (Å²) in [5, 5.41) is 24.7. The van der Waals surface area contributed by atoms with Crippen LogP contribution in [0, 0.1) is 0 Å². The number of aromatic nitrogens is 1. The van der Waals surface area contributed by atoms with Gasteiger partial charge in [0.15, 0.2) is 0 Å². The predicted octanol–water partition coefficient (Wildman–Crippen LogP) is -0.313. The van der Waals surface area contributed by atoms with E-state index in [2.05, 4.69) is 15.6 Å². The normalized spacial score (nSPS) is 17.4. The summed E-state index contributed by atoms with van der Waals surface area (Å²) in [5.74, 6) is -4.63. The number of amides is 3. The van der Waals surface area contributed by atoms with Crippen molar-refractivity contribution < 1.29 is 34.2 Å². The second kappa shape index (κ2) is 13.7. The maximum absolute atomic E-state index is 13.2. The molecular formula is C26H36N6O7. The second-order valence-electron chi connectivity index (χ2n) is 9.70. The number of carboxylic acid groups (broad SMARTS) is 2. The van der Waals surface area contributed by atoms with Crippen LogP contribution in [0.25, 0.3) is 10.9 Å². The molecule has 39 heavy (non-hydrogen) atoms. The third-order valence-corrected chi connectivity index (χ3v) is 6.85. The second-order valence-corrected chi connectivity index (χ2v) is 9.70. The maximum atomic E-state index is 13.2. The van der Waals surface area contributed by atoms with E-state index in [0.29, 0.717) is 32.2 Å². The third-order valence-electron chi connectivity index (χ3n) is 6.85. The molecule has 0 radical (unpaired) electrons. The summed E-state index contributed by atoms with van der Waals surface area (Å²) < 4.78 is 0. The van der Waals surface area contributed by atoms with Crippen molar-refractivity contribution in [2.45, 2.75) is 69.1 Å². The molecule has 1 saturated heterocycles. The molecule has 2 heterocycles. The summed E-state index contributed by atoms with van der Waals surface area (Å²) in [5.41, 5.74) is 13.3. The molecule has 1 aliphatic heterocycles. The Balaban J connectivity index is 1.71. The van der Waals surface area contributed by atoms with Crippen molar-refractivity contribution in [1.29, 1.82) is 0 Å². The van der Waals surface area contributed by atoms with E-state index in [4.69, 9.17) is 11.5 Å². The van der Waals surface area contributed by atoms with Crippen LogP contribution in [-0.4, -0.2) is 87.0 Å². The highest BCUT2D eigenvalue weighted by Gasteiger charge is 2.38. The Morgan fingerprint density at radius 3 is 2.46 bits per heavy atom. The fraction of sp³-hybridized carbons (Fsp3) is 0.500. The number of unbranched alkanes of at least 4 members (excludes halogenated alkanes) is 1. The molecule has 4 atom stereocenters. The quantitative estimate of drug-likeness (QED) is 0.155. The van der Waals surface area contributed by atoms with E-state index in [1.807, 2.05) is 24.3 Å². The van der Waals surface area contributed by atoms with Crippen LogP contribution in [0.4, 0.5) is 0 Å². The van der Waals surface area contributed by atoms with Crippen LogP contribution >= 0.6 is 0 Å². The smallest absolute Gasteiger partial charge is 0.326 e. The lowest BCUT2D eigenvalue weighted by Crippen LogP contribution is -2.57. The van der Waals surface area contributed by atoms with Gasteiger partial charge in [-0.05, 0) is 56.7 Å². The lowest BCUT2D eigenvalue weighted by Gasteiger charge is -2.28. The highest BCUT2D eigenvalue weighted by atomic mass is 16.4. The van der Waals surface area contributed by atoms with Gasteiger partial charge in [-0.2, -0.15) is 0 Å². The molecule has 2 aromatic rings. The number of hydrogen-bond donors (Lipinski definition) is 7. The number of hydrogen-bond acceptors (Lipinski definition) is 7. The predicted molar refractivity (Wildman–Crippen MR) is 141 cm³/mol. The summed E-state index contributed by atoms with van der Waals surface area (Å²) >= 11 is 0. The lowest BCUT2D eigenvalue weighted by molar-refractivity contribution is -0.149. The molecule has 1 aromatic heterocycles. The summed E-state index contributed by atoms with van der Waals surface area (Å²) in [7, 11) is 0. The number of nitrogens with one attached hydrogen (secondary N) is 3. The monoisotopic (exact) mass is 544 g/mol. The van der Waals surface area contributed by atoms with Gasteiger partial charge in [0.05, 0.1) is 12.5 Å². The van der Waals surface area contributed by atoms with Crippen molar-refractivity contribution in [3.63, 3.8) is 0 Å². The van der Waals surface area contributed by atoms with Crippen molar-refractivity contribution in [2.24, 2.45) is 11.5 Å². The first-order chi connectivity index (χ1) is 18.6. The molecule has 0 aliphatic carbocycles. The Morgan fingerprint density at radius 1 is 1.05 bits per heavy atom. The van der Waals surface area contributed by atoms with E-state index in [9.17, 15) is 34.2 Å². The molecule has 13 heteroatoms. The van der Waals surface area contributed by atoms with Crippen molar-refractivity contribution >= 4 is 40.6 Å². The van der Waals surface area contributed by atoms with Crippen LogP contribution in [0.2, 0.25) is 0 Å². The Kier molecular flexibility index (Phi) is 10.4. The number of carboxylic acids is 2. The fourth-order valence-corrected chi connectivity index (χ4v) is 4.80. The zero-order chi connectivity index (χ0) is 28.5. The minimum absolute atomic E-state index is 0.142. The molecule has 1 fully saturated rings. The van der Waals surface area contributed by atoms with Gasteiger partial charge < -0.3 is 42.2 Å². The minimum Gasteiger partial charge on any atom is -0.481 e. The van der Waals surface area contributed by atoms with E-state index in [1.165, 1.54) is 4.90 Å². The van der Waals surface area contributed by atoms with Gasteiger partial charge >= 0.3 is 11.9 Å². The average molecular weight is 545 g/mol. The largest absolute Gasteiger partial charge is 0.481 e. The zero-order valence-electron chi connectivity index (χ0n) is 21.6. The Hall–Kier alpha value is -3.97. The summed E-state index contributed by atoms with van der Waals surface area (Å²) in [6, 6.07) is 2.81. The number of para-hydroxylation sites is 1. The van der Waals surface area contributed by atoms with E-state index in [-0.39, 0.29) is 19.4 Å². The molecular weight excluding hydrogens is 508 g/mol. The SMILES string of the molecule is NCCCCC(NC(=O)C(CC(=O)O)NC(=O)C(N)Cc1c[nH]c2ccccc12)C(=O)N1CCCC1C(=O)O. The van der Waals surface area contributed by atoms with Gasteiger partial charge in [0, 0.05) is 23.6 Å². The van der Waals surface area contributed by atoms with Gasteiger partial charge in [0.25, 0.3) is 0 Å². The number of carbonyl (C=O) groups is 5. The highest BCUT2D eigenvalue weighted by molar-refractivity contribution is 5.96. The van der Waals surface area contributed by atoms with Crippen LogP contribution in [0.15, 0.2) is 30.5 Å². The molecule has 0 saturated carbocycles. The van der Waals surface area contributed by atoms with E-state index in [1.54, 1.807) is 6.20 Å². The van der Waals surface area contributed by atoms with Crippen molar-refractivity contribution in [2.75, 3.05) is 13.1 Å². The summed E-state index contributed by atoms with van der Waals surface area (Å²) in [6.07, 6.45) is 3.18. The number of carbonyl (C=O) groups excluding carboxylic acids is 3. The standard InChI is InChI=1S/C26H36N6O7/c27-10-4-3-8-19(25(37)32-11-5-9-21(32)26(38)39)30-24(36)20(13-22(33)34)31-23(35)17(28)12-15-14-29-18-7-2-1-6-16(15)18/h1-2,6-7,14,17,19-21,29H,3-5,8-13,27-28H2,(H,30,36)(H,31,35)(H,33,34)(H,38,39). The molecule has 1 aliphatic rings. The summed E-state index contributed by atoms with van der Waals surface area (Å²) in [6.45, 7) is 0.597. The van der Waals surface area contributed by atoms with Crippen LogP contribution in [0.3, 0.4) is 0 Å². The Labute approximate surface area is 225 Å². The van der Waals surface area contributed by atoms with Crippen molar-refractivity contribution in [1.82, 2.24) is 20.5 Å². The molecule has 0 spiro atoms. The van der Waals surface area contributed by atoms with Crippen molar-refractivity contribution in [3.8, 4) is 0 Å². The molecule has 212 valence electrons. The van der Waals surface area contributed by atoms with E-state index in [0.717, 1.165) is 16.5 Å². The van der Waals surface area contributed by atoms with Gasteiger partial charge in [-0.1, -0.05) is 18.2 Å². The molecule has 1 aromatic carbocycles. The van der Waals surface area contributed by atoms with Crippen LogP contribution in [0.1, 0.15) is 44.1 Å². The van der Waals surface area contributed by atoms with Gasteiger partial charge in [-0.3, -0.25) is 19.2 Å². The lowest BCUT2D eigenvalue weighted by atomic mass is 10.0. The molecule has 9 N–H and O–H groups in total. The zero-order valence-corrected chi connectivity index (χ0v) is 21.6. The van der Waals surface area contributed by atoms with Crippen LogP contribution in [-0.2, 0) is 30.4 Å². The maximum Gasteiger partial charge on any atom is 0.326 e. The third kappa shape index (κ3) is 7.77. The topological polar surface area (TPSA) is 221 Å². The number of nitrogens with zero attached hydrogens (tertiary/aromatic N) is 1. The molecule has 0 bridgehead atoms. The minimum atomic E-state index is -1.50. The summed E-state index contributed by atoms with van der Waals surface area (Å²) in [4.78, 5) is 66.7. The number of H-pyrrole nitrogens is 1. The first kappa shape index (κ1) is 29.6. The molecule has 3 rings (SSSR count). The highest BCUT2D eigenvalue weighted by Crippen LogP contribution is 2.21. The van der Waals surface area contributed by atoms with Crippen LogP contribution in [0.5, 0.6) is 0 Å². The van der Waals surface area contributed by atoms with Gasteiger partial charge in [0.2, 0.25) is 17.7 Å². The number of fused-ring (bicyclic) bond motifs is 1. The van der Waals surface area contributed by atoms with Gasteiger partial charge in [-0.15, -0.1) is 0 Å². The Morgan fingerprint density at radius 2 is 1.77 bits per heavy atom. The van der Waals surface area contributed by atoms with E-state index >= 15 is 0 Å². The number of nitrogens with two attached hydrogens (primary N) is 2. The van der Waals surface area contributed by atoms with Gasteiger partial charge in [0.1, 0.15) is 18.1 Å². The van der Waals surface area contributed by atoms with Crippen molar-refractivity contribution in [3.05, 3.63) is 36.0 Å². The average Bonchev–Trinajstić information content (AvgIpc) is 3.55. The van der Waals surface area contributed by atoms with Crippen LogP contribution < -0.4 is 22.1 Å². The fourth-order valence-electron chi connectivity index (χ4n) is 4.80. The first-order valence-electron chi connectivity index (χ1n) is 13.0. The first-order valence-corrected chi connectivity index (χ1v) is 13.0. The number of likely N-dealkylation sites (tertiary alicyclic amines) is 1. The molecule has 13 nitrogen and oxygen atoms in total. The molecule has 3 amide bonds.